The Morgan fingerprint density at radius 2 is 2.00 bits per heavy atom. The van der Waals surface area contributed by atoms with E-state index >= 15 is 0 Å². The van der Waals surface area contributed by atoms with Gasteiger partial charge in [-0.05, 0) is 36.8 Å². The first-order chi connectivity index (χ1) is 5.47. The van der Waals surface area contributed by atoms with E-state index in [1.165, 1.54) is 44.5 Å². The van der Waals surface area contributed by atoms with Crippen LogP contribution in [0.15, 0.2) is 11.1 Å². The van der Waals surface area contributed by atoms with Gasteiger partial charge in [0, 0.05) is 18.8 Å². The maximum Gasteiger partial charge on any atom is 0.0197 e. The van der Waals surface area contributed by atoms with E-state index in [4.69, 9.17) is 0 Å². The van der Waals surface area contributed by atoms with Crippen LogP contribution in [0, 0.1) is 0 Å². The van der Waals surface area contributed by atoms with Gasteiger partial charge in [0.05, 0.1) is 0 Å². The van der Waals surface area contributed by atoms with Gasteiger partial charge in [-0.3, -0.25) is 0 Å². The number of nitrogens with zero attached hydrogens (tertiary/aromatic N) is 1. The summed E-state index contributed by atoms with van der Waals surface area (Å²) in [5, 5.41) is 2.37. The van der Waals surface area contributed by atoms with Crippen molar-refractivity contribution in [3.63, 3.8) is 0 Å². The van der Waals surface area contributed by atoms with Crippen molar-refractivity contribution in [3.05, 3.63) is 11.1 Å². The van der Waals surface area contributed by atoms with Crippen LogP contribution in [0.25, 0.3) is 0 Å². The van der Waals surface area contributed by atoms with Crippen molar-refractivity contribution in [3.8, 4) is 0 Å². The molecule has 2 aliphatic rings. The summed E-state index contributed by atoms with van der Waals surface area (Å²) in [6.07, 6.45) is 5.52. The fourth-order valence-corrected chi connectivity index (χ4v) is 2.68. The molecule has 2 heterocycles. The molecule has 0 amide bonds. The minimum absolute atomic E-state index is 1.31. The summed E-state index contributed by atoms with van der Waals surface area (Å²) >= 11 is 1.99. The van der Waals surface area contributed by atoms with Crippen molar-refractivity contribution < 1.29 is 0 Å². The van der Waals surface area contributed by atoms with Gasteiger partial charge >= 0.3 is 0 Å². The molecular weight excluding hydrogens is 154 g/mol. The Morgan fingerprint density at radius 1 is 1.18 bits per heavy atom. The van der Waals surface area contributed by atoms with Gasteiger partial charge in [0.15, 0.2) is 0 Å². The van der Waals surface area contributed by atoms with E-state index in [1.807, 2.05) is 11.8 Å². The highest BCUT2D eigenvalue weighted by Crippen LogP contribution is 2.26. The number of hydrogen-bond acceptors (Lipinski definition) is 2. The van der Waals surface area contributed by atoms with Crippen molar-refractivity contribution in [1.82, 2.24) is 4.90 Å². The molecule has 0 saturated carbocycles. The average Bonchev–Trinajstić information content (AvgIpc) is 2.58. The standard InChI is InChI=1S/C9H15NS/c1-2-6-10(5-1)9-4-3-7-11-8-9/h8H,1-7H2. The fourth-order valence-electron chi connectivity index (χ4n) is 1.79. The Labute approximate surface area is 72.8 Å². The third-order valence-corrected chi connectivity index (χ3v) is 3.39. The molecule has 0 bridgehead atoms. The molecule has 0 N–H and O–H groups in total. The van der Waals surface area contributed by atoms with Crippen molar-refractivity contribution >= 4 is 11.8 Å². The molecule has 2 rings (SSSR count). The van der Waals surface area contributed by atoms with Gasteiger partial charge < -0.3 is 4.90 Å². The molecule has 0 spiro atoms. The zero-order chi connectivity index (χ0) is 7.52. The third kappa shape index (κ3) is 1.73. The summed E-state index contributed by atoms with van der Waals surface area (Å²) in [7, 11) is 0. The zero-order valence-electron chi connectivity index (χ0n) is 6.88. The predicted molar refractivity (Wildman–Crippen MR) is 50.6 cm³/mol. The minimum Gasteiger partial charge on any atom is -0.374 e. The van der Waals surface area contributed by atoms with Crippen LogP contribution in [0.2, 0.25) is 0 Å². The molecule has 0 aromatic rings. The maximum absolute atomic E-state index is 2.56. The van der Waals surface area contributed by atoms with Crippen LogP contribution in [-0.2, 0) is 0 Å². The highest BCUT2D eigenvalue weighted by atomic mass is 32.2. The highest BCUT2D eigenvalue weighted by molar-refractivity contribution is 8.02. The lowest BCUT2D eigenvalue weighted by Crippen LogP contribution is -2.19. The van der Waals surface area contributed by atoms with Crippen LogP contribution in [0.5, 0.6) is 0 Å². The Balaban J connectivity index is 1.96. The van der Waals surface area contributed by atoms with Gasteiger partial charge in [-0.25, -0.2) is 0 Å². The Bertz CT molecular complexity index is 159. The average molecular weight is 169 g/mol. The summed E-state index contributed by atoms with van der Waals surface area (Å²) in [5.74, 6) is 1.33. The Morgan fingerprint density at radius 3 is 2.64 bits per heavy atom. The Kier molecular flexibility index (Phi) is 2.41. The van der Waals surface area contributed by atoms with Crippen molar-refractivity contribution in [2.75, 3.05) is 18.8 Å². The van der Waals surface area contributed by atoms with E-state index in [-0.39, 0.29) is 0 Å². The van der Waals surface area contributed by atoms with Crippen LogP contribution in [0.1, 0.15) is 25.7 Å². The summed E-state index contributed by atoms with van der Waals surface area (Å²) < 4.78 is 0. The number of allylic oxidation sites excluding steroid dienone is 1. The van der Waals surface area contributed by atoms with Gasteiger partial charge in [0.25, 0.3) is 0 Å². The monoisotopic (exact) mass is 169 g/mol. The largest absolute Gasteiger partial charge is 0.374 e. The maximum atomic E-state index is 2.56. The molecule has 0 atom stereocenters. The SMILES string of the molecule is C1=C(N2CCCC2)CCCS1. The quantitative estimate of drug-likeness (QED) is 0.593. The normalized spacial score (nSPS) is 25.5. The number of thioether (sulfide) groups is 1. The lowest BCUT2D eigenvalue weighted by molar-refractivity contribution is 0.408. The van der Waals surface area contributed by atoms with Crippen molar-refractivity contribution in [2.45, 2.75) is 25.7 Å². The van der Waals surface area contributed by atoms with Gasteiger partial charge in [0.1, 0.15) is 0 Å². The lowest BCUT2D eigenvalue weighted by atomic mass is 10.2. The fraction of sp³-hybridized carbons (Fsp3) is 0.778. The van der Waals surface area contributed by atoms with E-state index < -0.39 is 0 Å². The molecule has 0 radical (unpaired) electrons. The summed E-state index contributed by atoms with van der Waals surface area (Å²) in [5.41, 5.74) is 1.61. The second kappa shape index (κ2) is 3.53. The molecule has 0 unspecified atom stereocenters. The van der Waals surface area contributed by atoms with Crippen LogP contribution in [0.3, 0.4) is 0 Å². The van der Waals surface area contributed by atoms with Crippen LogP contribution < -0.4 is 0 Å². The van der Waals surface area contributed by atoms with Crippen LogP contribution in [0.4, 0.5) is 0 Å². The molecular formula is C9H15NS. The molecule has 11 heavy (non-hydrogen) atoms. The summed E-state index contributed by atoms with van der Waals surface area (Å²) in [6, 6.07) is 0. The van der Waals surface area contributed by atoms with Crippen LogP contribution >= 0.6 is 11.8 Å². The third-order valence-electron chi connectivity index (χ3n) is 2.43. The topological polar surface area (TPSA) is 3.24 Å². The Hall–Kier alpha value is -0.110. The predicted octanol–water partition coefficient (Wildman–Crippen LogP) is 2.45. The number of rotatable bonds is 1. The second-order valence-electron chi connectivity index (χ2n) is 3.28. The van der Waals surface area contributed by atoms with E-state index in [9.17, 15) is 0 Å². The van der Waals surface area contributed by atoms with Gasteiger partial charge in [-0.2, -0.15) is 0 Å². The molecule has 1 nitrogen and oxygen atoms in total. The first-order valence-electron chi connectivity index (χ1n) is 4.52. The van der Waals surface area contributed by atoms with Crippen molar-refractivity contribution in [2.24, 2.45) is 0 Å². The van der Waals surface area contributed by atoms with Gasteiger partial charge in [-0.15, -0.1) is 11.8 Å². The van der Waals surface area contributed by atoms with Gasteiger partial charge in [-0.1, -0.05) is 0 Å². The molecule has 1 fully saturated rings. The first kappa shape index (κ1) is 7.53. The lowest BCUT2D eigenvalue weighted by Gasteiger charge is -2.23. The van der Waals surface area contributed by atoms with Gasteiger partial charge in [0.2, 0.25) is 0 Å². The number of hydrogen-bond donors (Lipinski definition) is 0. The molecule has 62 valence electrons. The van der Waals surface area contributed by atoms with Crippen molar-refractivity contribution in [1.29, 1.82) is 0 Å². The zero-order valence-corrected chi connectivity index (χ0v) is 7.70. The van der Waals surface area contributed by atoms with Crippen LogP contribution in [-0.4, -0.2) is 23.7 Å². The van der Waals surface area contributed by atoms with E-state index in [2.05, 4.69) is 10.3 Å². The van der Waals surface area contributed by atoms with E-state index in [1.54, 1.807) is 5.70 Å². The molecule has 0 aromatic heterocycles. The first-order valence-corrected chi connectivity index (χ1v) is 5.57. The minimum atomic E-state index is 1.31. The van der Waals surface area contributed by atoms with E-state index in [0.29, 0.717) is 0 Å². The molecule has 2 aliphatic heterocycles. The van der Waals surface area contributed by atoms with E-state index in [0.717, 1.165) is 0 Å². The molecule has 2 heteroatoms. The number of likely N-dealkylation sites (tertiary alicyclic amines) is 1. The second-order valence-corrected chi connectivity index (χ2v) is 4.25. The highest BCUT2D eigenvalue weighted by Gasteiger charge is 2.15. The molecule has 1 saturated heterocycles. The molecule has 0 aromatic carbocycles. The smallest absolute Gasteiger partial charge is 0.0197 e. The summed E-state index contributed by atoms with van der Waals surface area (Å²) in [4.78, 5) is 2.56. The summed E-state index contributed by atoms with van der Waals surface area (Å²) in [6.45, 7) is 2.62. The molecule has 0 aliphatic carbocycles.